The molecule has 1 aromatic rings. The minimum atomic E-state index is -9.50. The summed E-state index contributed by atoms with van der Waals surface area (Å²) in [4.78, 5) is 0. The molecule has 2 nitrogen and oxygen atoms in total. The first-order valence-electron chi connectivity index (χ1n) is 11.2. The van der Waals surface area contributed by atoms with Gasteiger partial charge in [0.2, 0.25) is 0 Å². The van der Waals surface area contributed by atoms with E-state index in [-0.39, 0.29) is 5.56 Å². The molecular weight excluding hydrogens is 719 g/mol. The van der Waals surface area contributed by atoms with E-state index in [2.05, 4.69) is 0 Å². The molecule has 0 saturated carbocycles. The van der Waals surface area contributed by atoms with Gasteiger partial charge in [-0.25, -0.2) is 4.39 Å². The summed E-state index contributed by atoms with van der Waals surface area (Å²) in [5.74, 6) is -71.0. The van der Waals surface area contributed by atoms with Crippen LogP contribution in [0.25, 0.3) is 0 Å². The second-order valence-corrected chi connectivity index (χ2v) is 9.35. The van der Waals surface area contributed by atoms with Crippen molar-refractivity contribution in [3.05, 3.63) is 35.9 Å². The molecule has 0 saturated heterocycles. The van der Waals surface area contributed by atoms with Crippen LogP contribution in [0, 0.1) is 0 Å². The molecule has 46 heavy (non-hydrogen) atoms. The summed E-state index contributed by atoms with van der Waals surface area (Å²) in [6.45, 7) is -1.72. The monoisotopic (exact) mass is 733 g/mol. The fourth-order valence-electron chi connectivity index (χ4n) is 3.42. The third-order valence-corrected chi connectivity index (χ3v) is 6.08. The second-order valence-electron chi connectivity index (χ2n) is 9.35. The van der Waals surface area contributed by atoms with E-state index < -0.39 is 91.0 Å². The van der Waals surface area contributed by atoms with Gasteiger partial charge in [-0.05, 0) is 5.56 Å². The largest absolute Gasteiger partial charge is 0.438 e. The summed E-state index contributed by atoms with van der Waals surface area (Å²) in [6.07, 6.45) is -23.3. The van der Waals surface area contributed by atoms with Gasteiger partial charge in [-0.3, -0.25) is 0 Å². The third-order valence-electron chi connectivity index (χ3n) is 6.08. The molecule has 1 atom stereocenters. The van der Waals surface area contributed by atoms with Crippen LogP contribution in [0.3, 0.4) is 0 Å². The lowest BCUT2D eigenvalue weighted by Gasteiger charge is -2.46. The van der Waals surface area contributed by atoms with Crippen molar-refractivity contribution in [2.45, 2.75) is 84.5 Å². The van der Waals surface area contributed by atoms with Crippen molar-refractivity contribution in [1.82, 2.24) is 5.32 Å². The van der Waals surface area contributed by atoms with E-state index in [4.69, 9.17) is 0 Å². The SMILES string of the molecule is OC(CNCc1ccccc1)CC(F)(F)C(F)(F)C(F)(F)C(F)(F)C(F)(F)C(F)(F)C(F)(F)C(F)(F)C(F)(C(F)(F)F)C(F)(F)F. The first kappa shape index (κ1) is 41.6. The molecule has 0 aliphatic carbocycles. The molecule has 0 fully saturated rings. The zero-order chi connectivity index (χ0) is 37.0. The molecule has 0 aromatic heterocycles. The van der Waals surface area contributed by atoms with Crippen molar-refractivity contribution >= 4 is 0 Å². The van der Waals surface area contributed by atoms with Crippen LogP contribution >= 0.6 is 0 Å². The summed E-state index contributed by atoms with van der Waals surface area (Å²) in [5, 5.41) is 11.4. The van der Waals surface area contributed by atoms with Gasteiger partial charge in [0, 0.05) is 19.5 Å². The lowest BCUT2D eigenvalue weighted by molar-refractivity contribution is -0.481. The van der Waals surface area contributed by atoms with Gasteiger partial charge in [-0.15, -0.1) is 0 Å². The molecule has 0 aliphatic rings. The topological polar surface area (TPSA) is 32.3 Å². The Bertz CT molecular complexity index is 1160. The van der Waals surface area contributed by atoms with Crippen LogP contribution < -0.4 is 5.32 Å². The van der Waals surface area contributed by atoms with Gasteiger partial charge in [0.25, 0.3) is 0 Å². The van der Waals surface area contributed by atoms with Crippen LogP contribution in [0.5, 0.6) is 0 Å². The summed E-state index contributed by atoms with van der Waals surface area (Å²) in [7, 11) is 0. The Labute approximate surface area is 239 Å². The highest BCUT2D eigenvalue weighted by molar-refractivity contribution is 5.21. The number of halogens is 23. The Morgan fingerprint density at radius 3 is 1.15 bits per heavy atom. The van der Waals surface area contributed by atoms with Crippen molar-refractivity contribution < 1.29 is 106 Å². The van der Waals surface area contributed by atoms with E-state index in [1.54, 1.807) is 0 Å². The van der Waals surface area contributed by atoms with Crippen molar-refractivity contribution in [1.29, 1.82) is 0 Å². The minimum Gasteiger partial charge on any atom is -0.392 e. The van der Waals surface area contributed by atoms with Crippen LogP contribution in [0.1, 0.15) is 12.0 Å². The predicted molar refractivity (Wildman–Crippen MR) is 104 cm³/mol. The van der Waals surface area contributed by atoms with E-state index in [1.807, 2.05) is 5.32 Å². The van der Waals surface area contributed by atoms with E-state index in [1.165, 1.54) is 30.3 Å². The average Bonchev–Trinajstić information content (AvgIpc) is 2.86. The number of aliphatic hydroxyl groups is 1. The van der Waals surface area contributed by atoms with Crippen LogP contribution in [0.15, 0.2) is 30.3 Å². The normalized spacial score (nSPS) is 16.5. The smallest absolute Gasteiger partial charge is 0.392 e. The Kier molecular flexibility index (Phi) is 10.7. The number of aliphatic hydroxyl groups excluding tert-OH is 1. The number of nitrogens with one attached hydrogen (secondary N) is 1. The van der Waals surface area contributed by atoms with Gasteiger partial charge in [-0.2, -0.15) is 96.6 Å². The van der Waals surface area contributed by atoms with Gasteiger partial charge < -0.3 is 10.4 Å². The maximum atomic E-state index is 14.0. The number of hydrogen-bond donors (Lipinski definition) is 2. The molecule has 0 radical (unpaired) electrons. The van der Waals surface area contributed by atoms with Gasteiger partial charge in [0.05, 0.1) is 6.10 Å². The van der Waals surface area contributed by atoms with Crippen molar-refractivity contribution in [3.63, 3.8) is 0 Å². The molecule has 0 spiro atoms. The molecule has 0 bridgehead atoms. The van der Waals surface area contributed by atoms with E-state index in [0.29, 0.717) is 0 Å². The molecule has 2 N–H and O–H groups in total. The molecule has 0 amide bonds. The summed E-state index contributed by atoms with van der Waals surface area (Å²) >= 11 is 0. The molecule has 0 heterocycles. The maximum Gasteiger partial charge on any atom is 0.438 e. The molecular formula is C21H14F23NO. The van der Waals surface area contributed by atoms with Gasteiger partial charge in [0.1, 0.15) is 0 Å². The van der Waals surface area contributed by atoms with E-state index in [9.17, 15) is 106 Å². The van der Waals surface area contributed by atoms with E-state index in [0.717, 1.165) is 0 Å². The lowest BCUT2D eigenvalue weighted by atomic mass is 9.82. The van der Waals surface area contributed by atoms with Gasteiger partial charge in [0.15, 0.2) is 0 Å². The minimum absolute atomic E-state index is 0.277. The number of hydrogen-bond acceptors (Lipinski definition) is 2. The zero-order valence-corrected chi connectivity index (χ0v) is 21.2. The summed E-state index contributed by atoms with van der Waals surface area (Å²) in [6, 6.07) is 6.84. The fourth-order valence-corrected chi connectivity index (χ4v) is 3.42. The Balaban J connectivity index is 3.57. The van der Waals surface area contributed by atoms with Gasteiger partial charge in [-0.1, -0.05) is 30.3 Å². The Hall–Kier alpha value is -2.47. The molecule has 270 valence electrons. The van der Waals surface area contributed by atoms with Crippen molar-refractivity contribution in [2.75, 3.05) is 6.54 Å². The van der Waals surface area contributed by atoms with Crippen molar-refractivity contribution in [3.8, 4) is 0 Å². The van der Waals surface area contributed by atoms with Crippen LogP contribution in [0.4, 0.5) is 101 Å². The Morgan fingerprint density at radius 2 is 0.804 bits per heavy atom. The molecule has 1 aromatic carbocycles. The second kappa shape index (κ2) is 11.9. The molecule has 1 rings (SSSR count). The summed E-state index contributed by atoms with van der Waals surface area (Å²) in [5.41, 5.74) is -8.77. The first-order valence-corrected chi connectivity index (χ1v) is 11.2. The fraction of sp³-hybridized carbons (Fsp3) is 0.714. The predicted octanol–water partition coefficient (Wildman–Crippen LogP) is 8.44. The van der Waals surface area contributed by atoms with Crippen LogP contribution in [-0.2, 0) is 6.54 Å². The maximum absolute atomic E-state index is 14.0. The molecule has 0 aliphatic heterocycles. The zero-order valence-electron chi connectivity index (χ0n) is 21.2. The lowest BCUT2D eigenvalue weighted by Crippen LogP contribution is -2.79. The van der Waals surface area contributed by atoms with Gasteiger partial charge >= 0.3 is 65.4 Å². The Morgan fingerprint density at radius 1 is 0.478 bits per heavy atom. The number of benzene rings is 1. The standard InChI is InChI=1S/C21H14F23NO/c22-11(23,6-10(46)8-45-7-9-4-2-1-3-5-9)13(25,26)15(29,30)17(33,34)19(37,38)18(35,36)16(31,32)14(27,28)12(24,20(39,40)41)21(42,43)44/h1-5,10,45-46H,6-8H2. The highest BCUT2D eigenvalue weighted by Crippen LogP contribution is 2.67. The number of alkyl halides is 23. The molecule has 25 heteroatoms. The average molecular weight is 733 g/mol. The third kappa shape index (κ3) is 6.01. The van der Waals surface area contributed by atoms with E-state index >= 15 is 0 Å². The quantitative estimate of drug-likeness (QED) is 0.188. The summed E-state index contributed by atoms with van der Waals surface area (Å²) < 4.78 is 310. The van der Waals surface area contributed by atoms with Crippen molar-refractivity contribution in [2.24, 2.45) is 0 Å². The van der Waals surface area contributed by atoms with Crippen LogP contribution in [-0.4, -0.2) is 83.2 Å². The molecule has 1 unspecified atom stereocenters. The first-order chi connectivity index (χ1) is 20.0. The highest BCUT2D eigenvalue weighted by atomic mass is 19.4. The van der Waals surface area contributed by atoms with Crippen LogP contribution in [0.2, 0.25) is 0 Å². The highest BCUT2D eigenvalue weighted by Gasteiger charge is 3.00. The number of rotatable bonds is 14.